The molecule has 3 nitrogen and oxygen atoms in total. The lowest BCUT2D eigenvalue weighted by molar-refractivity contribution is 0.110. The Balaban J connectivity index is 1.55. The molecule has 0 amide bonds. The molecule has 3 heteroatoms. The highest BCUT2D eigenvalue weighted by Crippen LogP contribution is 2.37. The molecule has 0 aromatic heterocycles. The molecule has 2 atom stereocenters. The first kappa shape index (κ1) is 14.5. The Hall–Kier alpha value is -1.06. The molecule has 3 aliphatic rings. The molecule has 0 radical (unpaired) electrons. The fraction of sp³-hybridized carbons (Fsp3) is 0.684. The number of fused-ring (bicyclic) bond motifs is 1. The third kappa shape index (κ3) is 2.65. The first-order valence-corrected chi connectivity index (χ1v) is 9.13. The molecule has 22 heavy (non-hydrogen) atoms. The van der Waals surface area contributed by atoms with Crippen molar-refractivity contribution < 1.29 is 0 Å². The van der Waals surface area contributed by atoms with E-state index in [2.05, 4.69) is 40.2 Å². The van der Waals surface area contributed by atoms with Crippen LogP contribution in [0.5, 0.6) is 0 Å². The van der Waals surface area contributed by atoms with Gasteiger partial charge in [-0.1, -0.05) is 31.9 Å². The Morgan fingerprint density at radius 2 is 1.86 bits per heavy atom. The molecule has 2 fully saturated rings. The molecule has 1 aromatic rings. The largest absolute Gasteiger partial charge is 0.369 e. The summed E-state index contributed by atoms with van der Waals surface area (Å²) in [6, 6.07) is 7.77. The highest BCUT2D eigenvalue weighted by Gasteiger charge is 2.32. The molecule has 1 N–H and O–H groups in total. The van der Waals surface area contributed by atoms with Gasteiger partial charge in [0.15, 0.2) is 0 Å². The Morgan fingerprint density at radius 1 is 1.05 bits per heavy atom. The molecular weight excluding hydrogens is 270 g/mol. The molecule has 2 heterocycles. The molecule has 0 bridgehead atoms. The minimum atomic E-state index is 0.803. The van der Waals surface area contributed by atoms with Crippen LogP contribution in [0.1, 0.15) is 43.7 Å². The minimum absolute atomic E-state index is 0.803. The lowest BCUT2D eigenvalue weighted by Crippen LogP contribution is -2.44. The van der Waals surface area contributed by atoms with Gasteiger partial charge < -0.3 is 10.2 Å². The number of nitrogens with zero attached hydrogens (tertiary/aromatic N) is 2. The standard InChI is InChI=1S/C19H29N3/c1-15-5-2-3-7-18(15)22-13-16-6-4-8-19(17(16)14-22)21-11-9-20-10-12-21/h4,6,8,15,18,20H,2-3,5,7,9-14H2,1H3. The van der Waals surface area contributed by atoms with Gasteiger partial charge in [0.2, 0.25) is 0 Å². The lowest BCUT2D eigenvalue weighted by Gasteiger charge is -2.36. The highest BCUT2D eigenvalue weighted by atomic mass is 15.2. The molecule has 1 aliphatic carbocycles. The predicted octanol–water partition coefficient (Wildman–Crippen LogP) is 2.99. The van der Waals surface area contributed by atoms with E-state index in [1.165, 1.54) is 44.5 Å². The summed E-state index contributed by atoms with van der Waals surface area (Å²) in [5.74, 6) is 0.866. The number of rotatable bonds is 2. The van der Waals surface area contributed by atoms with Gasteiger partial charge in [0.25, 0.3) is 0 Å². The van der Waals surface area contributed by atoms with Crippen molar-refractivity contribution in [1.82, 2.24) is 10.2 Å². The molecular formula is C19H29N3. The number of benzene rings is 1. The number of piperazine rings is 1. The number of hydrogen-bond donors (Lipinski definition) is 1. The van der Waals surface area contributed by atoms with Gasteiger partial charge >= 0.3 is 0 Å². The first-order valence-electron chi connectivity index (χ1n) is 9.13. The number of nitrogens with one attached hydrogen (secondary N) is 1. The summed E-state index contributed by atoms with van der Waals surface area (Å²) in [7, 11) is 0. The third-order valence-electron chi connectivity index (χ3n) is 5.98. The third-order valence-corrected chi connectivity index (χ3v) is 5.98. The predicted molar refractivity (Wildman–Crippen MR) is 92.2 cm³/mol. The first-order chi connectivity index (χ1) is 10.8. The van der Waals surface area contributed by atoms with E-state index in [0.717, 1.165) is 38.1 Å². The molecule has 1 saturated heterocycles. The van der Waals surface area contributed by atoms with Gasteiger partial charge in [0.1, 0.15) is 0 Å². The van der Waals surface area contributed by atoms with E-state index in [9.17, 15) is 0 Å². The molecule has 1 aromatic carbocycles. The van der Waals surface area contributed by atoms with Crippen molar-refractivity contribution in [1.29, 1.82) is 0 Å². The second kappa shape index (κ2) is 6.21. The summed E-state index contributed by atoms with van der Waals surface area (Å²) in [5, 5.41) is 3.47. The van der Waals surface area contributed by atoms with Crippen LogP contribution in [0.25, 0.3) is 0 Å². The summed E-state index contributed by atoms with van der Waals surface area (Å²) >= 11 is 0. The van der Waals surface area contributed by atoms with Gasteiger partial charge in [-0.3, -0.25) is 4.90 Å². The number of anilines is 1. The van der Waals surface area contributed by atoms with Crippen LogP contribution >= 0.6 is 0 Å². The fourth-order valence-corrected chi connectivity index (χ4v) is 4.71. The van der Waals surface area contributed by atoms with Crippen LogP contribution in [0.15, 0.2) is 18.2 Å². The second-order valence-electron chi connectivity index (χ2n) is 7.39. The average Bonchev–Trinajstić information content (AvgIpc) is 3.00. The van der Waals surface area contributed by atoms with Gasteiger partial charge in [-0.15, -0.1) is 0 Å². The van der Waals surface area contributed by atoms with Crippen molar-refractivity contribution >= 4 is 5.69 Å². The average molecular weight is 299 g/mol. The summed E-state index contributed by atoms with van der Waals surface area (Å²) in [6.45, 7) is 9.34. The summed E-state index contributed by atoms with van der Waals surface area (Å²) in [6.07, 6.45) is 5.68. The van der Waals surface area contributed by atoms with Crippen molar-refractivity contribution in [2.75, 3.05) is 31.1 Å². The van der Waals surface area contributed by atoms with Crippen molar-refractivity contribution in [2.45, 2.75) is 51.7 Å². The Kier molecular flexibility index (Phi) is 4.10. The normalized spacial score (nSPS) is 29.6. The quantitative estimate of drug-likeness (QED) is 0.906. The summed E-state index contributed by atoms with van der Waals surface area (Å²) in [5.41, 5.74) is 4.70. The topological polar surface area (TPSA) is 18.5 Å². The molecule has 2 unspecified atom stereocenters. The van der Waals surface area contributed by atoms with E-state index >= 15 is 0 Å². The van der Waals surface area contributed by atoms with E-state index in [-0.39, 0.29) is 0 Å². The van der Waals surface area contributed by atoms with Crippen molar-refractivity contribution in [3.05, 3.63) is 29.3 Å². The van der Waals surface area contributed by atoms with E-state index in [1.807, 2.05) is 0 Å². The highest BCUT2D eigenvalue weighted by molar-refractivity contribution is 5.58. The molecule has 1 saturated carbocycles. The fourth-order valence-electron chi connectivity index (χ4n) is 4.71. The van der Waals surface area contributed by atoms with Gasteiger partial charge in [0, 0.05) is 51.0 Å². The summed E-state index contributed by atoms with van der Waals surface area (Å²) < 4.78 is 0. The molecule has 0 spiro atoms. The van der Waals surface area contributed by atoms with Gasteiger partial charge in [-0.05, 0) is 36.0 Å². The molecule has 120 valence electrons. The second-order valence-corrected chi connectivity index (χ2v) is 7.39. The maximum absolute atomic E-state index is 3.47. The van der Waals surface area contributed by atoms with Crippen LogP contribution in [-0.4, -0.2) is 37.1 Å². The van der Waals surface area contributed by atoms with Crippen LogP contribution in [0, 0.1) is 5.92 Å². The Morgan fingerprint density at radius 3 is 2.68 bits per heavy atom. The monoisotopic (exact) mass is 299 g/mol. The Labute approximate surface area is 134 Å². The number of hydrogen-bond acceptors (Lipinski definition) is 3. The SMILES string of the molecule is CC1CCCCC1N1Cc2cccc(N3CCNCC3)c2C1. The van der Waals surface area contributed by atoms with E-state index in [0.29, 0.717) is 0 Å². The van der Waals surface area contributed by atoms with E-state index < -0.39 is 0 Å². The van der Waals surface area contributed by atoms with Crippen molar-refractivity contribution in [2.24, 2.45) is 5.92 Å². The smallest absolute Gasteiger partial charge is 0.0416 e. The zero-order chi connectivity index (χ0) is 14.9. The van der Waals surface area contributed by atoms with E-state index in [1.54, 1.807) is 11.1 Å². The maximum atomic E-state index is 3.47. The van der Waals surface area contributed by atoms with Gasteiger partial charge in [0.05, 0.1) is 0 Å². The van der Waals surface area contributed by atoms with Crippen molar-refractivity contribution in [3.8, 4) is 0 Å². The Bertz CT molecular complexity index is 521. The van der Waals surface area contributed by atoms with Crippen LogP contribution in [-0.2, 0) is 13.1 Å². The van der Waals surface area contributed by atoms with Crippen LogP contribution < -0.4 is 10.2 Å². The lowest BCUT2D eigenvalue weighted by atomic mass is 9.85. The van der Waals surface area contributed by atoms with Crippen molar-refractivity contribution in [3.63, 3.8) is 0 Å². The van der Waals surface area contributed by atoms with E-state index in [4.69, 9.17) is 0 Å². The van der Waals surface area contributed by atoms with Crippen LogP contribution in [0.4, 0.5) is 5.69 Å². The summed E-state index contributed by atoms with van der Waals surface area (Å²) in [4.78, 5) is 5.35. The zero-order valence-electron chi connectivity index (χ0n) is 13.9. The van der Waals surface area contributed by atoms with Gasteiger partial charge in [-0.25, -0.2) is 0 Å². The van der Waals surface area contributed by atoms with Gasteiger partial charge in [-0.2, -0.15) is 0 Å². The minimum Gasteiger partial charge on any atom is -0.369 e. The molecule has 2 aliphatic heterocycles. The molecule has 4 rings (SSSR count). The zero-order valence-corrected chi connectivity index (χ0v) is 13.9. The van der Waals surface area contributed by atoms with Crippen LogP contribution in [0.3, 0.4) is 0 Å². The maximum Gasteiger partial charge on any atom is 0.0416 e. The van der Waals surface area contributed by atoms with Crippen LogP contribution in [0.2, 0.25) is 0 Å².